The fourth-order valence-corrected chi connectivity index (χ4v) is 4.34. The average molecular weight is 440 g/mol. The molecule has 4 N–H and O–H groups in total. The Labute approximate surface area is 171 Å². The maximum atomic E-state index is 12.4. The fraction of sp³-hybridized carbons (Fsp3) is 0.167. The highest BCUT2D eigenvalue weighted by atomic mass is 32.2. The number of halogens is 3. The minimum absolute atomic E-state index is 0.0469. The summed E-state index contributed by atoms with van der Waals surface area (Å²) in [6, 6.07) is 6.68. The van der Waals surface area contributed by atoms with E-state index in [1.54, 1.807) is 0 Å². The first-order valence-electron chi connectivity index (χ1n) is 8.18. The summed E-state index contributed by atoms with van der Waals surface area (Å²) in [5.74, 6) is -1.29. The van der Waals surface area contributed by atoms with Crippen molar-refractivity contribution in [2.75, 3.05) is 5.73 Å². The standard InChI is InChI=1S/C18H15F3N4O2S2/c1-8-7-9(2)23-17-12(8)13(22)14(28-17)16(27)25-24-15(26)10-3-5-11(6-4-10)29-18(19,20)21/h3-7H,22H2,1-2H3,(H,24,26)(H,25,27). The number of rotatable bonds is 3. The number of hydrogen-bond donors (Lipinski definition) is 3. The number of aromatic nitrogens is 1. The molecule has 0 aliphatic heterocycles. The first kappa shape index (κ1) is 20.9. The van der Waals surface area contributed by atoms with Gasteiger partial charge >= 0.3 is 5.51 Å². The van der Waals surface area contributed by atoms with Crippen LogP contribution in [0.15, 0.2) is 35.2 Å². The average Bonchev–Trinajstić information content (AvgIpc) is 2.95. The van der Waals surface area contributed by atoms with Gasteiger partial charge in [0.1, 0.15) is 9.71 Å². The van der Waals surface area contributed by atoms with Crippen LogP contribution in [0.5, 0.6) is 0 Å². The summed E-state index contributed by atoms with van der Waals surface area (Å²) >= 11 is 0.829. The van der Waals surface area contributed by atoms with Crippen molar-refractivity contribution in [3.05, 3.63) is 52.0 Å². The zero-order valence-corrected chi connectivity index (χ0v) is 16.8. The quantitative estimate of drug-likeness (QED) is 0.419. The number of amides is 2. The van der Waals surface area contributed by atoms with Crippen LogP contribution in [-0.4, -0.2) is 22.3 Å². The largest absolute Gasteiger partial charge is 0.446 e. The lowest BCUT2D eigenvalue weighted by Gasteiger charge is -2.08. The molecule has 0 radical (unpaired) electrons. The maximum Gasteiger partial charge on any atom is 0.446 e. The van der Waals surface area contributed by atoms with E-state index in [2.05, 4.69) is 15.8 Å². The second kappa shape index (κ2) is 7.91. The lowest BCUT2D eigenvalue weighted by atomic mass is 10.1. The zero-order valence-electron chi connectivity index (χ0n) is 15.2. The first-order valence-corrected chi connectivity index (χ1v) is 9.81. The van der Waals surface area contributed by atoms with E-state index in [0.29, 0.717) is 10.2 Å². The van der Waals surface area contributed by atoms with Crippen LogP contribution in [0.1, 0.15) is 31.3 Å². The van der Waals surface area contributed by atoms with Crippen LogP contribution in [0, 0.1) is 13.8 Å². The summed E-state index contributed by atoms with van der Waals surface area (Å²) in [7, 11) is 0. The zero-order chi connectivity index (χ0) is 21.3. The Morgan fingerprint density at radius 3 is 2.34 bits per heavy atom. The number of carbonyl (C=O) groups excluding carboxylic acids is 2. The van der Waals surface area contributed by atoms with Gasteiger partial charge in [0.25, 0.3) is 11.8 Å². The molecular formula is C18H15F3N4O2S2. The van der Waals surface area contributed by atoms with Gasteiger partial charge in [-0.05, 0) is 61.5 Å². The van der Waals surface area contributed by atoms with E-state index in [-0.39, 0.29) is 32.8 Å². The molecule has 3 aromatic rings. The molecule has 0 bridgehead atoms. The topological polar surface area (TPSA) is 97.1 Å². The Kier molecular flexibility index (Phi) is 5.71. The minimum atomic E-state index is -4.41. The Balaban J connectivity index is 1.69. The number of thioether (sulfide) groups is 1. The Hall–Kier alpha value is -2.79. The molecule has 6 nitrogen and oxygen atoms in total. The van der Waals surface area contributed by atoms with Crippen LogP contribution in [0.25, 0.3) is 10.2 Å². The summed E-state index contributed by atoms with van der Waals surface area (Å²) < 4.78 is 37.1. The molecule has 0 saturated heterocycles. The summed E-state index contributed by atoms with van der Waals surface area (Å²) in [4.78, 5) is 29.7. The predicted molar refractivity (Wildman–Crippen MR) is 107 cm³/mol. The van der Waals surface area contributed by atoms with Crippen molar-refractivity contribution in [1.82, 2.24) is 15.8 Å². The molecule has 2 amide bonds. The van der Waals surface area contributed by atoms with E-state index < -0.39 is 17.3 Å². The van der Waals surface area contributed by atoms with Crippen molar-refractivity contribution in [3.8, 4) is 0 Å². The van der Waals surface area contributed by atoms with Gasteiger partial charge < -0.3 is 5.73 Å². The van der Waals surface area contributed by atoms with Crippen molar-refractivity contribution < 1.29 is 22.8 Å². The summed E-state index contributed by atoms with van der Waals surface area (Å²) in [6.45, 7) is 3.70. The molecule has 0 fully saturated rings. The van der Waals surface area contributed by atoms with E-state index in [9.17, 15) is 22.8 Å². The SMILES string of the molecule is Cc1cc(C)c2c(N)c(C(=O)NNC(=O)c3ccc(SC(F)(F)F)cc3)sc2n1. The van der Waals surface area contributed by atoms with E-state index in [0.717, 1.165) is 22.6 Å². The molecule has 0 aliphatic carbocycles. The molecule has 0 spiro atoms. The molecule has 3 rings (SSSR count). The second-order valence-corrected chi connectivity index (χ2v) is 8.22. The van der Waals surface area contributed by atoms with Gasteiger partial charge in [-0.3, -0.25) is 20.4 Å². The van der Waals surface area contributed by atoms with Crippen LogP contribution in [-0.2, 0) is 0 Å². The monoisotopic (exact) mass is 440 g/mol. The van der Waals surface area contributed by atoms with Crippen LogP contribution < -0.4 is 16.6 Å². The molecule has 29 heavy (non-hydrogen) atoms. The number of hydrazine groups is 1. The van der Waals surface area contributed by atoms with Gasteiger partial charge in [0, 0.05) is 21.5 Å². The van der Waals surface area contributed by atoms with Crippen LogP contribution in [0.4, 0.5) is 18.9 Å². The molecule has 2 aromatic heterocycles. The molecular weight excluding hydrogens is 425 g/mol. The maximum absolute atomic E-state index is 12.4. The van der Waals surface area contributed by atoms with Crippen LogP contribution in [0.3, 0.4) is 0 Å². The molecule has 0 saturated carbocycles. The number of nitrogens with two attached hydrogens (primary N) is 1. The molecule has 11 heteroatoms. The third-order valence-corrected chi connectivity index (χ3v) is 5.71. The predicted octanol–water partition coefficient (Wildman–Crippen LogP) is 4.18. The number of nitrogen functional groups attached to an aromatic ring is 1. The number of anilines is 1. The number of fused-ring (bicyclic) bond motifs is 1. The molecule has 0 atom stereocenters. The van der Waals surface area contributed by atoms with E-state index >= 15 is 0 Å². The molecule has 0 unspecified atom stereocenters. The Morgan fingerprint density at radius 2 is 1.72 bits per heavy atom. The Morgan fingerprint density at radius 1 is 1.10 bits per heavy atom. The number of hydrogen-bond acceptors (Lipinski definition) is 6. The Bertz CT molecular complexity index is 1100. The number of nitrogens with zero attached hydrogens (tertiary/aromatic N) is 1. The number of benzene rings is 1. The van der Waals surface area contributed by atoms with Gasteiger partial charge in [-0.2, -0.15) is 13.2 Å². The number of nitrogens with one attached hydrogen (secondary N) is 2. The highest BCUT2D eigenvalue weighted by molar-refractivity contribution is 8.00. The number of alkyl halides is 3. The van der Waals surface area contributed by atoms with Gasteiger partial charge in [0.15, 0.2) is 0 Å². The van der Waals surface area contributed by atoms with Crippen LogP contribution >= 0.6 is 23.1 Å². The molecule has 0 aliphatic rings. The highest BCUT2D eigenvalue weighted by Gasteiger charge is 2.29. The summed E-state index contributed by atoms with van der Waals surface area (Å²) in [5, 5.41) is 0.690. The number of aryl methyl sites for hydroxylation is 2. The third-order valence-electron chi connectivity index (χ3n) is 3.87. The van der Waals surface area contributed by atoms with Crippen molar-refractivity contribution >= 4 is 50.8 Å². The van der Waals surface area contributed by atoms with Gasteiger partial charge in [-0.15, -0.1) is 11.3 Å². The molecule has 1 aromatic carbocycles. The number of thiophene rings is 1. The van der Waals surface area contributed by atoms with E-state index in [1.807, 2.05) is 19.9 Å². The first-order chi connectivity index (χ1) is 13.5. The van der Waals surface area contributed by atoms with Gasteiger partial charge in [-0.25, -0.2) is 4.98 Å². The normalized spacial score (nSPS) is 11.5. The minimum Gasteiger partial charge on any atom is -0.397 e. The molecule has 2 heterocycles. The molecule has 152 valence electrons. The van der Waals surface area contributed by atoms with Gasteiger partial charge in [-0.1, -0.05) is 0 Å². The summed E-state index contributed by atoms with van der Waals surface area (Å²) in [6.07, 6.45) is 0. The van der Waals surface area contributed by atoms with E-state index in [1.165, 1.54) is 24.3 Å². The van der Waals surface area contributed by atoms with Crippen molar-refractivity contribution in [2.24, 2.45) is 0 Å². The highest BCUT2D eigenvalue weighted by Crippen LogP contribution is 2.37. The van der Waals surface area contributed by atoms with E-state index in [4.69, 9.17) is 5.73 Å². The smallest absolute Gasteiger partial charge is 0.397 e. The summed E-state index contributed by atoms with van der Waals surface area (Å²) in [5.41, 5.74) is 8.21. The van der Waals surface area contributed by atoms with Gasteiger partial charge in [0.05, 0.1) is 5.69 Å². The number of pyridine rings is 1. The van der Waals surface area contributed by atoms with Crippen molar-refractivity contribution in [3.63, 3.8) is 0 Å². The fourth-order valence-electron chi connectivity index (χ4n) is 2.69. The van der Waals surface area contributed by atoms with Gasteiger partial charge in [0.2, 0.25) is 0 Å². The lowest BCUT2D eigenvalue weighted by Crippen LogP contribution is -2.41. The van der Waals surface area contributed by atoms with Crippen molar-refractivity contribution in [1.29, 1.82) is 0 Å². The number of carbonyl (C=O) groups is 2. The third kappa shape index (κ3) is 4.80. The van der Waals surface area contributed by atoms with Crippen LogP contribution in [0.2, 0.25) is 0 Å². The lowest BCUT2D eigenvalue weighted by molar-refractivity contribution is -0.0328. The van der Waals surface area contributed by atoms with Crippen molar-refractivity contribution in [2.45, 2.75) is 24.3 Å². The second-order valence-electron chi connectivity index (χ2n) is 6.09.